The molecule has 0 saturated heterocycles. The third-order valence-corrected chi connectivity index (χ3v) is 5.32. The zero-order valence-corrected chi connectivity index (χ0v) is 14.1. The summed E-state index contributed by atoms with van der Waals surface area (Å²) in [5.74, 6) is -0.471. The average Bonchev–Trinajstić information content (AvgIpc) is 2.71. The van der Waals surface area contributed by atoms with E-state index in [0.717, 1.165) is 14.6 Å². The minimum absolute atomic E-state index is 0.165. The van der Waals surface area contributed by atoms with Crippen LogP contribution in [0.4, 0.5) is 5.69 Å². The molecule has 0 fully saturated rings. The Labute approximate surface area is 134 Å². The molecule has 1 aromatic heterocycles. The van der Waals surface area contributed by atoms with Gasteiger partial charge in [-0.25, -0.2) is 13.6 Å². The second-order valence-corrected chi connectivity index (χ2v) is 8.16. The van der Waals surface area contributed by atoms with Crippen molar-refractivity contribution in [1.29, 1.82) is 0 Å². The third kappa shape index (κ3) is 4.16. The Morgan fingerprint density at radius 1 is 1.38 bits per heavy atom. The van der Waals surface area contributed by atoms with Crippen molar-refractivity contribution < 1.29 is 13.2 Å². The van der Waals surface area contributed by atoms with Crippen LogP contribution in [-0.4, -0.2) is 26.6 Å². The number of sulfonamides is 1. The van der Waals surface area contributed by atoms with Crippen LogP contribution in [-0.2, 0) is 10.0 Å². The lowest BCUT2D eigenvalue weighted by Crippen LogP contribution is -2.27. The van der Waals surface area contributed by atoms with Gasteiger partial charge in [0.25, 0.3) is 5.91 Å². The molecule has 2 rings (SSSR count). The Hall–Kier alpha value is -1.16. The summed E-state index contributed by atoms with van der Waals surface area (Å²) in [4.78, 5) is 12.5. The van der Waals surface area contributed by atoms with Gasteiger partial charge in [0.05, 0.1) is 11.4 Å². The van der Waals surface area contributed by atoms with Crippen LogP contribution in [0.25, 0.3) is 10.1 Å². The van der Waals surface area contributed by atoms with Gasteiger partial charge < -0.3 is 11.1 Å². The summed E-state index contributed by atoms with van der Waals surface area (Å²) in [5.41, 5.74) is 6.43. The number of primary sulfonamides is 1. The van der Waals surface area contributed by atoms with E-state index in [1.165, 1.54) is 11.3 Å². The lowest BCUT2D eigenvalue weighted by Gasteiger charge is -2.03. The van der Waals surface area contributed by atoms with Gasteiger partial charge in [0.15, 0.2) is 0 Å². The first-order valence-electron chi connectivity index (χ1n) is 6.04. The number of nitrogens with one attached hydrogen (secondary N) is 1. The van der Waals surface area contributed by atoms with Gasteiger partial charge in [0.2, 0.25) is 10.0 Å². The van der Waals surface area contributed by atoms with Crippen LogP contribution >= 0.6 is 27.3 Å². The molecule has 21 heavy (non-hydrogen) atoms. The standard InChI is InChI=1S/C12H14BrN3O3S2/c13-7-2-3-9-8(6-7)10(14)11(20-9)12(17)16-4-1-5-21(15,18)19/h2-3,6H,1,4-5,14H2,(H,16,17)(H2,15,18,19). The van der Waals surface area contributed by atoms with Crippen LogP contribution in [0, 0.1) is 0 Å². The monoisotopic (exact) mass is 391 g/mol. The van der Waals surface area contributed by atoms with Crippen LogP contribution in [0.5, 0.6) is 0 Å². The molecule has 5 N–H and O–H groups in total. The molecule has 6 nitrogen and oxygen atoms in total. The van der Waals surface area contributed by atoms with Crippen molar-refractivity contribution in [3.63, 3.8) is 0 Å². The van der Waals surface area contributed by atoms with Crippen LogP contribution in [0.15, 0.2) is 22.7 Å². The Morgan fingerprint density at radius 3 is 2.76 bits per heavy atom. The number of benzene rings is 1. The van der Waals surface area contributed by atoms with Crippen molar-refractivity contribution in [3.05, 3.63) is 27.5 Å². The highest BCUT2D eigenvalue weighted by molar-refractivity contribution is 9.10. The first kappa shape index (κ1) is 16.2. The summed E-state index contributed by atoms with van der Waals surface area (Å²) in [6.07, 6.45) is 0.265. The van der Waals surface area contributed by atoms with Gasteiger partial charge >= 0.3 is 0 Å². The van der Waals surface area contributed by atoms with Gasteiger partial charge in [-0.3, -0.25) is 4.79 Å². The maximum atomic E-state index is 12.1. The maximum absolute atomic E-state index is 12.1. The zero-order chi connectivity index (χ0) is 15.6. The number of carbonyl (C=O) groups is 1. The lowest BCUT2D eigenvalue weighted by atomic mass is 10.2. The molecule has 0 radical (unpaired) electrons. The summed E-state index contributed by atoms with van der Waals surface area (Å²) >= 11 is 4.67. The van der Waals surface area contributed by atoms with E-state index in [0.29, 0.717) is 10.6 Å². The van der Waals surface area contributed by atoms with E-state index in [4.69, 9.17) is 10.9 Å². The number of carbonyl (C=O) groups excluding carboxylic acids is 1. The summed E-state index contributed by atoms with van der Waals surface area (Å²) in [6, 6.07) is 5.63. The molecule has 0 aliphatic heterocycles. The van der Waals surface area contributed by atoms with Crippen LogP contribution < -0.4 is 16.2 Å². The largest absolute Gasteiger partial charge is 0.397 e. The second kappa shape index (κ2) is 6.30. The average molecular weight is 392 g/mol. The number of amides is 1. The van der Waals surface area contributed by atoms with Gasteiger partial charge in [-0.1, -0.05) is 15.9 Å². The minimum Gasteiger partial charge on any atom is -0.397 e. The first-order valence-corrected chi connectivity index (χ1v) is 9.36. The molecule has 0 spiro atoms. The van der Waals surface area contributed by atoms with Crippen LogP contribution in [0.2, 0.25) is 0 Å². The Balaban J connectivity index is 2.08. The van der Waals surface area contributed by atoms with E-state index in [9.17, 15) is 13.2 Å². The number of hydrogen-bond donors (Lipinski definition) is 3. The van der Waals surface area contributed by atoms with Gasteiger partial charge in [0, 0.05) is 21.1 Å². The highest BCUT2D eigenvalue weighted by atomic mass is 79.9. The number of rotatable bonds is 5. The summed E-state index contributed by atoms with van der Waals surface area (Å²) in [5, 5.41) is 8.36. The number of halogens is 1. The number of hydrogen-bond acceptors (Lipinski definition) is 5. The van der Waals surface area contributed by atoms with Crippen molar-refractivity contribution in [1.82, 2.24) is 5.32 Å². The van der Waals surface area contributed by atoms with Crippen molar-refractivity contribution >= 4 is 59.0 Å². The minimum atomic E-state index is -3.50. The molecular weight excluding hydrogens is 378 g/mol. The van der Waals surface area contributed by atoms with Gasteiger partial charge in [-0.15, -0.1) is 11.3 Å². The molecule has 0 aliphatic carbocycles. The van der Waals surface area contributed by atoms with Gasteiger partial charge in [0.1, 0.15) is 4.88 Å². The normalized spacial score (nSPS) is 11.7. The van der Waals surface area contributed by atoms with E-state index in [-0.39, 0.29) is 24.6 Å². The number of fused-ring (bicyclic) bond motifs is 1. The molecule has 0 aliphatic rings. The molecule has 1 aromatic carbocycles. The van der Waals surface area contributed by atoms with Crippen molar-refractivity contribution in [2.75, 3.05) is 18.0 Å². The molecule has 9 heteroatoms. The number of thiophene rings is 1. The fraction of sp³-hybridized carbons (Fsp3) is 0.250. The topological polar surface area (TPSA) is 115 Å². The molecule has 0 unspecified atom stereocenters. The first-order chi connectivity index (χ1) is 9.78. The van der Waals surface area contributed by atoms with E-state index >= 15 is 0 Å². The third-order valence-electron chi connectivity index (χ3n) is 2.79. The van der Waals surface area contributed by atoms with E-state index in [1.807, 2.05) is 18.2 Å². The zero-order valence-electron chi connectivity index (χ0n) is 10.9. The van der Waals surface area contributed by atoms with Crippen molar-refractivity contribution in [2.45, 2.75) is 6.42 Å². The number of anilines is 1. The summed E-state index contributed by atoms with van der Waals surface area (Å²) in [7, 11) is -3.50. The van der Waals surface area contributed by atoms with Gasteiger partial charge in [-0.2, -0.15) is 0 Å². The van der Waals surface area contributed by atoms with Gasteiger partial charge in [-0.05, 0) is 24.6 Å². The summed E-state index contributed by atoms with van der Waals surface area (Å²) in [6.45, 7) is 0.229. The summed E-state index contributed by atoms with van der Waals surface area (Å²) < 4.78 is 23.4. The molecule has 2 aromatic rings. The van der Waals surface area contributed by atoms with Crippen LogP contribution in [0.3, 0.4) is 0 Å². The molecule has 0 saturated carbocycles. The molecule has 114 valence electrons. The Kier molecular flexibility index (Phi) is 4.87. The molecule has 1 heterocycles. The predicted molar refractivity (Wildman–Crippen MR) is 88.9 cm³/mol. The number of nitrogens with two attached hydrogens (primary N) is 2. The molecule has 0 bridgehead atoms. The fourth-order valence-corrected chi connectivity index (χ4v) is 3.74. The predicted octanol–water partition coefficient (Wildman–Crippen LogP) is 1.65. The Bertz CT molecular complexity index is 786. The Morgan fingerprint density at radius 2 is 2.10 bits per heavy atom. The quantitative estimate of drug-likeness (QED) is 0.671. The molecule has 0 atom stereocenters. The van der Waals surface area contributed by atoms with E-state index in [1.54, 1.807) is 0 Å². The van der Waals surface area contributed by atoms with Crippen molar-refractivity contribution in [3.8, 4) is 0 Å². The lowest BCUT2D eigenvalue weighted by molar-refractivity contribution is 0.0958. The fourth-order valence-electron chi connectivity index (χ4n) is 1.81. The highest BCUT2D eigenvalue weighted by Crippen LogP contribution is 2.35. The second-order valence-electron chi connectivity index (χ2n) is 4.46. The maximum Gasteiger partial charge on any atom is 0.263 e. The molecule has 1 amide bonds. The van der Waals surface area contributed by atoms with E-state index < -0.39 is 10.0 Å². The smallest absolute Gasteiger partial charge is 0.263 e. The van der Waals surface area contributed by atoms with Crippen molar-refractivity contribution in [2.24, 2.45) is 5.14 Å². The highest BCUT2D eigenvalue weighted by Gasteiger charge is 2.16. The van der Waals surface area contributed by atoms with E-state index in [2.05, 4.69) is 21.2 Å². The SMILES string of the molecule is Nc1c(C(=O)NCCCS(N)(=O)=O)sc2ccc(Br)cc12. The number of nitrogen functional groups attached to an aromatic ring is 1. The van der Waals surface area contributed by atoms with Crippen LogP contribution in [0.1, 0.15) is 16.1 Å². The molecular formula is C12H14BrN3O3S2.